The van der Waals surface area contributed by atoms with Crippen LogP contribution in [0.3, 0.4) is 0 Å². The van der Waals surface area contributed by atoms with E-state index in [2.05, 4.69) is 29.0 Å². The van der Waals surface area contributed by atoms with Gasteiger partial charge in [0.05, 0.1) is 12.1 Å². The molecule has 2 N–H and O–H groups in total. The number of rotatable bonds is 9. The first-order valence-electron chi connectivity index (χ1n) is 7.16. The Hall–Kier alpha value is -1.47. The number of aromatic nitrogens is 1. The number of carbonyl (C=O) groups is 2. The summed E-state index contributed by atoms with van der Waals surface area (Å²) in [4.78, 5) is 29.5. The normalized spacial score (nSPS) is 10.9. The van der Waals surface area contributed by atoms with E-state index in [9.17, 15) is 9.59 Å². The minimum Gasteiger partial charge on any atom is -0.481 e. The zero-order valence-electron chi connectivity index (χ0n) is 12.8. The predicted molar refractivity (Wildman–Crippen MR) is 83.6 cm³/mol. The molecule has 0 aromatic carbocycles. The smallest absolute Gasteiger partial charge is 0.309 e. The number of amides is 1. The van der Waals surface area contributed by atoms with Gasteiger partial charge >= 0.3 is 5.97 Å². The summed E-state index contributed by atoms with van der Waals surface area (Å²) in [5.74, 6) is -1.11. The predicted octanol–water partition coefficient (Wildman–Crippen LogP) is 2.35. The van der Waals surface area contributed by atoms with E-state index in [4.69, 9.17) is 5.11 Å². The van der Waals surface area contributed by atoms with E-state index in [0.717, 1.165) is 30.8 Å². The number of aliphatic carboxylic acids is 1. The van der Waals surface area contributed by atoms with Crippen LogP contribution in [0.15, 0.2) is 0 Å². The second-order valence-corrected chi connectivity index (χ2v) is 5.95. The molecule has 118 valence electrons. The molecule has 0 fully saturated rings. The third kappa shape index (κ3) is 6.22. The van der Waals surface area contributed by atoms with Gasteiger partial charge < -0.3 is 10.4 Å². The molecule has 0 saturated heterocycles. The van der Waals surface area contributed by atoms with Crippen LogP contribution in [0.1, 0.15) is 44.2 Å². The molecule has 1 rings (SSSR count). The summed E-state index contributed by atoms with van der Waals surface area (Å²) < 4.78 is 0. The molecule has 1 aromatic rings. The highest BCUT2D eigenvalue weighted by Gasteiger charge is 2.17. The Kier molecular flexibility index (Phi) is 7.31. The van der Waals surface area contributed by atoms with E-state index in [1.165, 1.54) is 18.3 Å². The van der Waals surface area contributed by atoms with E-state index in [-0.39, 0.29) is 12.3 Å². The maximum absolute atomic E-state index is 11.1. The van der Waals surface area contributed by atoms with Crippen LogP contribution in [0.2, 0.25) is 0 Å². The molecule has 0 aliphatic rings. The molecule has 0 saturated carbocycles. The molecule has 0 spiro atoms. The van der Waals surface area contributed by atoms with Crippen LogP contribution in [0.5, 0.6) is 0 Å². The summed E-state index contributed by atoms with van der Waals surface area (Å²) in [6, 6.07) is 0. The number of carboxylic acids is 1. The lowest BCUT2D eigenvalue weighted by atomic mass is 10.2. The van der Waals surface area contributed by atoms with Gasteiger partial charge in [-0.15, -0.1) is 11.3 Å². The molecule has 0 unspecified atom stereocenters. The van der Waals surface area contributed by atoms with Crippen LogP contribution in [-0.2, 0) is 22.6 Å². The number of carbonyl (C=O) groups excluding carboxylic acids is 1. The zero-order valence-corrected chi connectivity index (χ0v) is 13.6. The van der Waals surface area contributed by atoms with Gasteiger partial charge in [0.1, 0.15) is 0 Å². The van der Waals surface area contributed by atoms with E-state index in [0.29, 0.717) is 17.4 Å². The van der Waals surface area contributed by atoms with Crippen molar-refractivity contribution in [3.63, 3.8) is 0 Å². The van der Waals surface area contributed by atoms with E-state index >= 15 is 0 Å². The first-order chi connectivity index (χ1) is 9.96. The van der Waals surface area contributed by atoms with E-state index in [1.54, 1.807) is 0 Å². The van der Waals surface area contributed by atoms with Gasteiger partial charge in [-0.25, -0.2) is 4.98 Å². The largest absolute Gasteiger partial charge is 0.481 e. The molecular weight excluding hydrogens is 290 g/mol. The summed E-state index contributed by atoms with van der Waals surface area (Å²) in [6.07, 6.45) is 2.12. The van der Waals surface area contributed by atoms with Gasteiger partial charge in [-0.05, 0) is 19.5 Å². The lowest BCUT2D eigenvalue weighted by Crippen LogP contribution is -2.24. The van der Waals surface area contributed by atoms with E-state index in [1.807, 2.05) is 0 Å². The lowest BCUT2D eigenvalue weighted by Gasteiger charge is -2.19. The highest BCUT2D eigenvalue weighted by molar-refractivity contribution is 7.15. The minimum absolute atomic E-state index is 0.114. The first-order valence-corrected chi connectivity index (χ1v) is 7.98. The van der Waals surface area contributed by atoms with Crippen LogP contribution >= 0.6 is 11.3 Å². The Morgan fingerprint density at radius 1 is 1.38 bits per heavy atom. The van der Waals surface area contributed by atoms with Crippen molar-refractivity contribution < 1.29 is 14.7 Å². The number of hydrogen-bond acceptors (Lipinski definition) is 5. The monoisotopic (exact) mass is 313 g/mol. The molecule has 1 aromatic heterocycles. The van der Waals surface area contributed by atoms with E-state index < -0.39 is 5.97 Å². The third-order valence-electron chi connectivity index (χ3n) is 3.02. The van der Waals surface area contributed by atoms with Crippen molar-refractivity contribution >= 4 is 28.3 Å². The van der Waals surface area contributed by atoms with Crippen molar-refractivity contribution in [2.24, 2.45) is 0 Å². The Labute approximate surface area is 129 Å². The molecule has 6 nitrogen and oxygen atoms in total. The number of carboxylic acid groups (broad SMARTS) is 1. The van der Waals surface area contributed by atoms with Crippen molar-refractivity contribution in [2.75, 3.05) is 18.4 Å². The number of thiazole rings is 1. The quantitative estimate of drug-likeness (QED) is 0.731. The van der Waals surface area contributed by atoms with Crippen LogP contribution in [-0.4, -0.2) is 40.0 Å². The second kappa shape index (κ2) is 8.74. The topological polar surface area (TPSA) is 82.5 Å². The Morgan fingerprint density at radius 3 is 2.62 bits per heavy atom. The van der Waals surface area contributed by atoms with Crippen molar-refractivity contribution in [3.8, 4) is 0 Å². The van der Waals surface area contributed by atoms with Gasteiger partial charge in [0, 0.05) is 18.3 Å². The van der Waals surface area contributed by atoms with Crippen LogP contribution in [0.25, 0.3) is 0 Å². The molecule has 0 bridgehead atoms. The summed E-state index contributed by atoms with van der Waals surface area (Å²) >= 11 is 1.36. The molecule has 0 aliphatic carbocycles. The molecule has 0 aliphatic heterocycles. The van der Waals surface area contributed by atoms with Crippen molar-refractivity contribution in [2.45, 2.75) is 46.6 Å². The summed E-state index contributed by atoms with van der Waals surface area (Å²) in [6.45, 7) is 8.20. The van der Waals surface area contributed by atoms with Gasteiger partial charge in [0.25, 0.3) is 0 Å². The number of nitrogens with zero attached hydrogens (tertiary/aromatic N) is 2. The van der Waals surface area contributed by atoms with Crippen LogP contribution in [0.4, 0.5) is 5.13 Å². The van der Waals surface area contributed by atoms with Gasteiger partial charge in [-0.2, -0.15) is 0 Å². The number of unbranched alkanes of at least 4 members (excludes halogenated alkanes) is 1. The maximum Gasteiger partial charge on any atom is 0.309 e. The average Bonchev–Trinajstić information content (AvgIpc) is 2.74. The molecular formula is C14H23N3O3S. The Morgan fingerprint density at radius 2 is 2.10 bits per heavy atom. The highest BCUT2D eigenvalue weighted by Crippen LogP contribution is 2.25. The van der Waals surface area contributed by atoms with Crippen LogP contribution in [0, 0.1) is 0 Å². The van der Waals surface area contributed by atoms with Gasteiger partial charge in [-0.3, -0.25) is 14.5 Å². The van der Waals surface area contributed by atoms with Crippen molar-refractivity contribution in [1.29, 1.82) is 0 Å². The fourth-order valence-electron chi connectivity index (χ4n) is 1.93. The molecule has 21 heavy (non-hydrogen) atoms. The standard InChI is InChI=1S/C14H23N3O3S/c1-4-6-7-17(5-2)9-12-11(8-13(19)20)16-14(21-12)15-10(3)18/h4-9H2,1-3H3,(H,19,20)(H,15,16,18). The summed E-state index contributed by atoms with van der Waals surface area (Å²) in [5.41, 5.74) is 0.547. The maximum atomic E-state index is 11.1. The highest BCUT2D eigenvalue weighted by atomic mass is 32.1. The third-order valence-corrected chi connectivity index (χ3v) is 4.02. The molecule has 0 atom stereocenters. The van der Waals surface area contributed by atoms with Crippen molar-refractivity contribution in [3.05, 3.63) is 10.6 Å². The van der Waals surface area contributed by atoms with Gasteiger partial charge in [0.2, 0.25) is 5.91 Å². The lowest BCUT2D eigenvalue weighted by molar-refractivity contribution is -0.136. The zero-order chi connectivity index (χ0) is 15.8. The molecule has 7 heteroatoms. The summed E-state index contributed by atoms with van der Waals surface area (Å²) in [7, 11) is 0. The fourth-order valence-corrected chi connectivity index (χ4v) is 2.99. The SMILES string of the molecule is CCCCN(CC)Cc1sc(NC(C)=O)nc1CC(=O)O. The molecule has 0 radical (unpaired) electrons. The van der Waals surface area contributed by atoms with Gasteiger partial charge in [-0.1, -0.05) is 20.3 Å². The fraction of sp³-hybridized carbons (Fsp3) is 0.643. The van der Waals surface area contributed by atoms with Crippen LogP contribution < -0.4 is 5.32 Å². The minimum atomic E-state index is -0.910. The van der Waals surface area contributed by atoms with Crippen molar-refractivity contribution in [1.82, 2.24) is 9.88 Å². The number of hydrogen-bond donors (Lipinski definition) is 2. The van der Waals surface area contributed by atoms with Gasteiger partial charge in [0.15, 0.2) is 5.13 Å². The average molecular weight is 313 g/mol. The molecule has 1 amide bonds. The number of nitrogens with one attached hydrogen (secondary N) is 1. The Bertz CT molecular complexity index is 488. The Balaban J connectivity index is 2.87. The second-order valence-electron chi connectivity index (χ2n) is 4.86. The summed E-state index contributed by atoms with van der Waals surface area (Å²) in [5, 5.41) is 12.1. The number of anilines is 1. The molecule has 1 heterocycles. The first kappa shape index (κ1) is 17.6.